The number of amides is 1. The average Bonchev–Trinajstić information content (AvgIpc) is 2.90. The number of benzene rings is 1. The molecule has 1 aromatic rings. The lowest BCUT2D eigenvalue weighted by Crippen LogP contribution is -2.39. The number of nitrogens with one attached hydrogen (secondary N) is 1. The zero-order valence-electron chi connectivity index (χ0n) is 12.2. The van der Waals surface area contributed by atoms with E-state index in [0.29, 0.717) is 16.7 Å². The fourth-order valence-corrected chi connectivity index (χ4v) is 3.33. The minimum absolute atomic E-state index is 0.0375. The summed E-state index contributed by atoms with van der Waals surface area (Å²) in [5.41, 5.74) is 0. The molecule has 0 bridgehead atoms. The Morgan fingerprint density at radius 2 is 2.38 bits per heavy atom. The first-order chi connectivity index (χ1) is 10.0. The maximum atomic E-state index is 12.4. The first-order valence-corrected chi connectivity index (χ1v) is 8.23. The Bertz CT molecular complexity index is 512. The predicted octanol–water partition coefficient (Wildman–Crippen LogP) is 2.94. The van der Waals surface area contributed by atoms with Crippen molar-refractivity contribution in [2.75, 3.05) is 26.7 Å². The number of carbonyl (C=O) groups excluding carboxylic acids is 1. The molecule has 4 nitrogen and oxygen atoms in total. The van der Waals surface area contributed by atoms with Crippen LogP contribution >= 0.6 is 27.5 Å². The van der Waals surface area contributed by atoms with Crippen molar-refractivity contribution >= 4 is 33.4 Å². The molecule has 1 N–H and O–H groups in total. The van der Waals surface area contributed by atoms with E-state index >= 15 is 0 Å². The second kappa shape index (κ2) is 7.47. The van der Waals surface area contributed by atoms with Gasteiger partial charge in [0.15, 0.2) is 6.10 Å². The molecule has 21 heavy (non-hydrogen) atoms. The van der Waals surface area contributed by atoms with Crippen molar-refractivity contribution in [3.8, 4) is 5.75 Å². The molecule has 1 fully saturated rings. The summed E-state index contributed by atoms with van der Waals surface area (Å²) in [6.07, 6.45) is 0.542. The highest BCUT2D eigenvalue weighted by atomic mass is 79.9. The molecule has 1 saturated heterocycles. The highest BCUT2D eigenvalue weighted by molar-refractivity contribution is 9.10. The van der Waals surface area contributed by atoms with Gasteiger partial charge >= 0.3 is 0 Å². The van der Waals surface area contributed by atoms with Crippen LogP contribution in [-0.2, 0) is 4.79 Å². The standard InChI is InChI=1S/C15H20BrClN2O2/c1-10(21-14-4-3-12(17)7-13(14)16)15(20)19-6-5-11(9-19)8-18-2/h3-4,7,10-11,18H,5-6,8-9H2,1-2H3. The molecule has 1 amide bonds. The Hall–Kier alpha value is -0.780. The normalized spacial score (nSPS) is 19.6. The van der Waals surface area contributed by atoms with Gasteiger partial charge in [0.25, 0.3) is 5.91 Å². The Morgan fingerprint density at radius 1 is 1.62 bits per heavy atom. The lowest BCUT2D eigenvalue weighted by atomic mass is 10.1. The van der Waals surface area contributed by atoms with Crippen LogP contribution in [0.1, 0.15) is 13.3 Å². The lowest BCUT2D eigenvalue weighted by Gasteiger charge is -2.22. The number of ether oxygens (including phenoxy) is 1. The number of nitrogens with zero attached hydrogens (tertiary/aromatic N) is 1. The molecule has 2 unspecified atom stereocenters. The third kappa shape index (κ3) is 4.34. The molecule has 2 rings (SSSR count). The van der Waals surface area contributed by atoms with Crippen molar-refractivity contribution in [2.24, 2.45) is 5.92 Å². The molecule has 1 aliphatic rings. The summed E-state index contributed by atoms with van der Waals surface area (Å²) in [6.45, 7) is 4.34. The van der Waals surface area contributed by atoms with Gasteiger partial charge in [-0.2, -0.15) is 0 Å². The fraction of sp³-hybridized carbons (Fsp3) is 0.533. The van der Waals surface area contributed by atoms with E-state index < -0.39 is 6.10 Å². The first-order valence-electron chi connectivity index (χ1n) is 7.06. The van der Waals surface area contributed by atoms with Crippen LogP contribution in [-0.4, -0.2) is 43.6 Å². The molecule has 1 heterocycles. The van der Waals surface area contributed by atoms with Crippen LogP contribution in [0.2, 0.25) is 5.02 Å². The summed E-state index contributed by atoms with van der Waals surface area (Å²) < 4.78 is 6.51. The molecular formula is C15H20BrClN2O2. The van der Waals surface area contributed by atoms with Gasteiger partial charge in [0.1, 0.15) is 5.75 Å². The SMILES string of the molecule is CNCC1CCN(C(=O)C(C)Oc2ccc(Cl)cc2Br)C1. The second-order valence-corrected chi connectivity index (χ2v) is 6.62. The topological polar surface area (TPSA) is 41.6 Å². The van der Waals surface area contributed by atoms with Crippen molar-refractivity contribution < 1.29 is 9.53 Å². The van der Waals surface area contributed by atoms with E-state index in [1.54, 1.807) is 25.1 Å². The smallest absolute Gasteiger partial charge is 0.263 e. The molecular weight excluding hydrogens is 356 g/mol. The summed E-state index contributed by atoms with van der Waals surface area (Å²) in [7, 11) is 1.94. The summed E-state index contributed by atoms with van der Waals surface area (Å²) in [6, 6.07) is 5.27. The van der Waals surface area contributed by atoms with Gasteiger partial charge in [0.05, 0.1) is 4.47 Å². The number of rotatable bonds is 5. The third-order valence-electron chi connectivity index (χ3n) is 3.64. The molecule has 116 valence electrons. The Morgan fingerprint density at radius 3 is 3.05 bits per heavy atom. The number of likely N-dealkylation sites (tertiary alicyclic amines) is 1. The van der Waals surface area contributed by atoms with Crippen molar-refractivity contribution in [1.82, 2.24) is 10.2 Å². The molecule has 0 aliphatic carbocycles. The molecule has 6 heteroatoms. The molecule has 0 spiro atoms. The minimum atomic E-state index is -0.504. The van der Waals surface area contributed by atoms with E-state index in [-0.39, 0.29) is 5.91 Å². The van der Waals surface area contributed by atoms with Gasteiger partial charge in [0, 0.05) is 18.1 Å². The molecule has 1 aromatic carbocycles. The van der Waals surface area contributed by atoms with E-state index in [4.69, 9.17) is 16.3 Å². The highest BCUT2D eigenvalue weighted by Gasteiger charge is 2.29. The Labute approximate surface area is 138 Å². The van der Waals surface area contributed by atoms with E-state index in [9.17, 15) is 4.79 Å². The van der Waals surface area contributed by atoms with Crippen LogP contribution in [0.25, 0.3) is 0 Å². The molecule has 1 aliphatic heterocycles. The molecule has 2 atom stereocenters. The maximum Gasteiger partial charge on any atom is 0.263 e. The van der Waals surface area contributed by atoms with Crippen LogP contribution in [0.15, 0.2) is 22.7 Å². The van der Waals surface area contributed by atoms with E-state index in [1.165, 1.54) is 0 Å². The summed E-state index contributed by atoms with van der Waals surface area (Å²) in [5, 5.41) is 3.79. The van der Waals surface area contributed by atoms with Crippen LogP contribution in [0.4, 0.5) is 0 Å². The summed E-state index contributed by atoms with van der Waals surface area (Å²) >= 11 is 9.29. The number of carbonyl (C=O) groups is 1. The van der Waals surface area contributed by atoms with Crippen LogP contribution < -0.4 is 10.1 Å². The first kappa shape index (κ1) is 16.6. The maximum absolute atomic E-state index is 12.4. The second-order valence-electron chi connectivity index (χ2n) is 5.33. The van der Waals surface area contributed by atoms with Gasteiger partial charge in [0.2, 0.25) is 0 Å². The monoisotopic (exact) mass is 374 g/mol. The highest BCUT2D eigenvalue weighted by Crippen LogP contribution is 2.29. The van der Waals surface area contributed by atoms with Gasteiger partial charge in [-0.1, -0.05) is 11.6 Å². The van der Waals surface area contributed by atoms with Crippen molar-refractivity contribution in [2.45, 2.75) is 19.4 Å². The predicted molar refractivity (Wildman–Crippen MR) is 87.9 cm³/mol. The Kier molecular flexibility index (Phi) is 5.90. The number of hydrogen-bond acceptors (Lipinski definition) is 3. The fourth-order valence-electron chi connectivity index (χ4n) is 2.56. The number of hydrogen-bond donors (Lipinski definition) is 1. The third-order valence-corrected chi connectivity index (χ3v) is 4.49. The number of halogens is 2. The van der Waals surface area contributed by atoms with Gasteiger partial charge in [-0.25, -0.2) is 0 Å². The van der Waals surface area contributed by atoms with Gasteiger partial charge in [-0.3, -0.25) is 4.79 Å². The molecule has 0 aromatic heterocycles. The molecule has 0 radical (unpaired) electrons. The average molecular weight is 376 g/mol. The van der Waals surface area contributed by atoms with E-state index in [0.717, 1.165) is 30.5 Å². The zero-order valence-corrected chi connectivity index (χ0v) is 14.6. The molecule has 0 saturated carbocycles. The van der Waals surface area contributed by atoms with Gasteiger partial charge in [-0.05, 0) is 67.0 Å². The van der Waals surface area contributed by atoms with Gasteiger partial charge in [-0.15, -0.1) is 0 Å². The van der Waals surface area contributed by atoms with Crippen LogP contribution in [0.3, 0.4) is 0 Å². The summed E-state index contributed by atoms with van der Waals surface area (Å²) in [5.74, 6) is 1.20. The lowest BCUT2D eigenvalue weighted by molar-refractivity contribution is -0.137. The largest absolute Gasteiger partial charge is 0.480 e. The summed E-state index contributed by atoms with van der Waals surface area (Å²) in [4.78, 5) is 14.3. The van der Waals surface area contributed by atoms with Crippen LogP contribution in [0.5, 0.6) is 5.75 Å². The van der Waals surface area contributed by atoms with Crippen molar-refractivity contribution in [3.63, 3.8) is 0 Å². The quantitative estimate of drug-likeness (QED) is 0.860. The van der Waals surface area contributed by atoms with Crippen molar-refractivity contribution in [1.29, 1.82) is 0 Å². The van der Waals surface area contributed by atoms with Gasteiger partial charge < -0.3 is 15.0 Å². The van der Waals surface area contributed by atoms with Crippen LogP contribution in [0, 0.1) is 5.92 Å². The van der Waals surface area contributed by atoms with Crippen molar-refractivity contribution in [3.05, 3.63) is 27.7 Å². The minimum Gasteiger partial charge on any atom is -0.480 e. The van der Waals surface area contributed by atoms with E-state index in [1.807, 2.05) is 11.9 Å². The van der Waals surface area contributed by atoms with E-state index in [2.05, 4.69) is 21.2 Å². The Balaban J connectivity index is 1.94. The zero-order chi connectivity index (χ0) is 15.4.